The minimum Gasteiger partial charge on any atom is -0.486 e. The van der Waals surface area contributed by atoms with E-state index in [0.29, 0.717) is 53.7 Å². The van der Waals surface area contributed by atoms with E-state index < -0.39 is 11.7 Å². The number of aryl methyl sites for hydroxylation is 1. The molecule has 0 saturated heterocycles. The molecular weight excluding hydrogens is 401 g/mol. The zero-order valence-corrected chi connectivity index (χ0v) is 15.7. The number of halogens is 3. The molecule has 3 aromatic rings. The fourth-order valence-corrected chi connectivity index (χ4v) is 3.08. The molecule has 1 aromatic heterocycles. The van der Waals surface area contributed by atoms with Crippen molar-refractivity contribution in [1.29, 1.82) is 0 Å². The third-order valence-corrected chi connectivity index (χ3v) is 4.57. The van der Waals surface area contributed by atoms with Crippen LogP contribution in [0.15, 0.2) is 53.2 Å². The number of aromatic nitrogens is 1. The molecule has 1 aliphatic rings. The number of benzene rings is 2. The second kappa shape index (κ2) is 8.10. The summed E-state index contributed by atoms with van der Waals surface area (Å²) >= 11 is 0. The summed E-state index contributed by atoms with van der Waals surface area (Å²) in [5, 5.41) is 6.51. The second-order valence-electron chi connectivity index (χ2n) is 6.66. The summed E-state index contributed by atoms with van der Waals surface area (Å²) in [6, 6.07) is 9.75. The molecular formula is C21H17F3N2O4. The molecule has 6 nitrogen and oxygen atoms in total. The molecule has 0 spiro atoms. The molecule has 0 atom stereocenters. The molecule has 4 rings (SSSR count). The fraction of sp³-hybridized carbons (Fsp3) is 0.238. The number of nitrogens with one attached hydrogen (secondary N) is 1. The smallest absolute Gasteiger partial charge is 0.416 e. The van der Waals surface area contributed by atoms with Gasteiger partial charge in [0.05, 0.1) is 11.8 Å². The average molecular weight is 418 g/mol. The van der Waals surface area contributed by atoms with Crippen molar-refractivity contribution >= 4 is 11.6 Å². The molecule has 0 saturated carbocycles. The third kappa shape index (κ3) is 4.40. The molecule has 0 aliphatic carbocycles. The Hall–Kier alpha value is -3.49. The van der Waals surface area contributed by atoms with Gasteiger partial charge in [0.15, 0.2) is 17.3 Å². The maximum Gasteiger partial charge on any atom is 0.416 e. The van der Waals surface area contributed by atoms with Gasteiger partial charge in [-0.1, -0.05) is 17.3 Å². The second-order valence-corrected chi connectivity index (χ2v) is 6.66. The van der Waals surface area contributed by atoms with Crippen LogP contribution in [0.5, 0.6) is 11.5 Å². The van der Waals surface area contributed by atoms with Crippen molar-refractivity contribution in [2.24, 2.45) is 0 Å². The van der Waals surface area contributed by atoms with E-state index in [1.807, 2.05) is 0 Å². The number of fused-ring (bicyclic) bond motifs is 1. The van der Waals surface area contributed by atoms with Crippen molar-refractivity contribution < 1.29 is 32.0 Å². The lowest BCUT2D eigenvalue weighted by molar-refractivity contribution is -0.137. The number of carbonyl (C=O) groups excluding carboxylic acids is 1. The number of alkyl halides is 3. The molecule has 156 valence electrons. The van der Waals surface area contributed by atoms with Crippen molar-refractivity contribution in [3.05, 3.63) is 59.8 Å². The summed E-state index contributed by atoms with van der Waals surface area (Å²) in [5.41, 5.74) is 0.929. The highest BCUT2D eigenvalue weighted by atomic mass is 19.4. The SMILES string of the molecule is O=C(CCc1cnoc1-c1ccc(C(F)(F)F)cc1)Nc1ccc2c(c1)OCCO2. The van der Waals surface area contributed by atoms with Gasteiger partial charge in [0.2, 0.25) is 5.91 Å². The Kier molecular flexibility index (Phi) is 5.35. The maximum absolute atomic E-state index is 12.7. The highest BCUT2D eigenvalue weighted by Crippen LogP contribution is 2.33. The lowest BCUT2D eigenvalue weighted by atomic mass is 10.0. The van der Waals surface area contributed by atoms with Crippen LogP contribution in [0.4, 0.5) is 18.9 Å². The lowest BCUT2D eigenvalue weighted by Crippen LogP contribution is -2.16. The Labute approximate surface area is 169 Å². The van der Waals surface area contributed by atoms with Gasteiger partial charge in [0, 0.05) is 29.3 Å². The molecule has 0 fully saturated rings. The molecule has 9 heteroatoms. The average Bonchev–Trinajstić information content (AvgIpc) is 3.20. The molecule has 0 radical (unpaired) electrons. The molecule has 1 amide bonds. The molecule has 1 aliphatic heterocycles. The monoisotopic (exact) mass is 418 g/mol. The first kappa shape index (κ1) is 19.8. The van der Waals surface area contributed by atoms with Crippen LogP contribution in [0.3, 0.4) is 0 Å². The minimum atomic E-state index is -4.41. The van der Waals surface area contributed by atoms with E-state index in [1.165, 1.54) is 18.3 Å². The quantitative estimate of drug-likeness (QED) is 0.650. The van der Waals surface area contributed by atoms with E-state index in [-0.39, 0.29) is 12.3 Å². The molecule has 1 N–H and O–H groups in total. The van der Waals surface area contributed by atoms with Crippen LogP contribution >= 0.6 is 0 Å². The van der Waals surface area contributed by atoms with Crippen molar-refractivity contribution in [2.75, 3.05) is 18.5 Å². The number of anilines is 1. The number of hydrogen-bond donors (Lipinski definition) is 1. The summed E-state index contributed by atoms with van der Waals surface area (Å²) in [5.74, 6) is 1.31. The first-order valence-corrected chi connectivity index (χ1v) is 9.21. The highest BCUT2D eigenvalue weighted by molar-refractivity contribution is 5.91. The van der Waals surface area contributed by atoms with Crippen LogP contribution in [-0.4, -0.2) is 24.3 Å². The first-order chi connectivity index (χ1) is 14.4. The molecule has 0 bridgehead atoms. The molecule has 2 aromatic carbocycles. The van der Waals surface area contributed by atoms with Crippen molar-refractivity contribution in [3.8, 4) is 22.8 Å². The van der Waals surface area contributed by atoms with Crippen LogP contribution in [-0.2, 0) is 17.4 Å². The largest absolute Gasteiger partial charge is 0.486 e. The Morgan fingerprint density at radius 3 is 2.50 bits per heavy atom. The van der Waals surface area contributed by atoms with Crippen LogP contribution in [0.25, 0.3) is 11.3 Å². The number of hydrogen-bond acceptors (Lipinski definition) is 5. The van der Waals surface area contributed by atoms with E-state index in [0.717, 1.165) is 12.1 Å². The number of carbonyl (C=O) groups is 1. The Morgan fingerprint density at radius 2 is 1.77 bits per heavy atom. The van der Waals surface area contributed by atoms with Gasteiger partial charge in [-0.25, -0.2) is 0 Å². The number of ether oxygens (including phenoxy) is 2. The van der Waals surface area contributed by atoms with Crippen LogP contribution in [0, 0.1) is 0 Å². The first-order valence-electron chi connectivity index (χ1n) is 9.21. The summed E-state index contributed by atoms with van der Waals surface area (Å²) in [7, 11) is 0. The number of nitrogens with zero attached hydrogens (tertiary/aromatic N) is 1. The predicted molar refractivity (Wildman–Crippen MR) is 101 cm³/mol. The van der Waals surface area contributed by atoms with E-state index in [2.05, 4.69) is 10.5 Å². The Morgan fingerprint density at radius 1 is 1.03 bits per heavy atom. The van der Waals surface area contributed by atoms with E-state index in [9.17, 15) is 18.0 Å². The van der Waals surface area contributed by atoms with Crippen LogP contribution < -0.4 is 14.8 Å². The maximum atomic E-state index is 12.7. The van der Waals surface area contributed by atoms with Crippen LogP contribution in [0.2, 0.25) is 0 Å². The minimum absolute atomic E-state index is 0.142. The molecule has 2 heterocycles. The van der Waals surface area contributed by atoms with Crippen molar-refractivity contribution in [1.82, 2.24) is 5.16 Å². The summed E-state index contributed by atoms with van der Waals surface area (Å²) < 4.78 is 54.3. The summed E-state index contributed by atoms with van der Waals surface area (Å²) in [4.78, 5) is 12.3. The van der Waals surface area contributed by atoms with Gasteiger partial charge in [-0.3, -0.25) is 4.79 Å². The zero-order valence-electron chi connectivity index (χ0n) is 15.7. The zero-order chi connectivity index (χ0) is 21.1. The van der Waals surface area contributed by atoms with Gasteiger partial charge in [0.1, 0.15) is 13.2 Å². The van der Waals surface area contributed by atoms with Gasteiger partial charge < -0.3 is 19.3 Å². The molecule has 30 heavy (non-hydrogen) atoms. The van der Waals surface area contributed by atoms with Crippen LogP contribution in [0.1, 0.15) is 17.5 Å². The lowest BCUT2D eigenvalue weighted by Gasteiger charge is -2.19. The topological polar surface area (TPSA) is 73.6 Å². The number of amides is 1. The van der Waals surface area contributed by atoms with E-state index in [1.54, 1.807) is 18.2 Å². The Balaban J connectivity index is 1.39. The van der Waals surface area contributed by atoms with Gasteiger partial charge in [-0.15, -0.1) is 0 Å². The van der Waals surface area contributed by atoms with E-state index >= 15 is 0 Å². The van der Waals surface area contributed by atoms with Gasteiger partial charge in [0.25, 0.3) is 0 Å². The molecule has 0 unspecified atom stereocenters. The summed E-state index contributed by atoms with van der Waals surface area (Å²) in [6.07, 6.45) is -2.49. The normalized spacial score (nSPS) is 13.2. The standard InChI is InChI=1S/C21H17F3N2O4/c22-21(23,24)15-4-1-13(2-5-15)20-14(12-25-30-20)3-8-19(27)26-16-6-7-17-18(11-16)29-10-9-28-17/h1-2,4-7,11-12H,3,8-10H2,(H,26,27). The fourth-order valence-electron chi connectivity index (χ4n) is 3.08. The van der Waals surface area contributed by atoms with Crippen molar-refractivity contribution in [3.63, 3.8) is 0 Å². The van der Waals surface area contributed by atoms with Gasteiger partial charge in [-0.2, -0.15) is 13.2 Å². The number of rotatable bonds is 5. The summed E-state index contributed by atoms with van der Waals surface area (Å²) in [6.45, 7) is 0.934. The van der Waals surface area contributed by atoms with Crippen molar-refractivity contribution in [2.45, 2.75) is 19.0 Å². The third-order valence-electron chi connectivity index (χ3n) is 4.57. The highest BCUT2D eigenvalue weighted by Gasteiger charge is 2.30. The van der Waals surface area contributed by atoms with Gasteiger partial charge in [-0.05, 0) is 30.7 Å². The predicted octanol–water partition coefficient (Wildman–Crippen LogP) is 4.70. The van der Waals surface area contributed by atoms with Gasteiger partial charge >= 0.3 is 6.18 Å². The van der Waals surface area contributed by atoms with E-state index in [4.69, 9.17) is 14.0 Å². The Bertz CT molecular complexity index is 1050.